The lowest BCUT2D eigenvalue weighted by Crippen LogP contribution is -2.51. The quantitative estimate of drug-likeness (QED) is 0.650. The predicted octanol–water partition coefficient (Wildman–Crippen LogP) is 1.86. The Kier molecular flexibility index (Phi) is 5.79. The molecule has 1 aromatic rings. The van der Waals surface area contributed by atoms with Crippen LogP contribution in [0.3, 0.4) is 0 Å². The molecule has 1 spiro atoms. The van der Waals surface area contributed by atoms with E-state index in [1.807, 2.05) is 0 Å². The SMILES string of the molecule is CCN(CC)S(=O)(=O)c1ccc2c(c1)CCN2C(=O)C(C)N1C(=O)NC2(CCCC2)C1=O. The van der Waals surface area contributed by atoms with Crippen LogP contribution in [-0.4, -0.2) is 66.7 Å². The van der Waals surface area contributed by atoms with Crippen molar-refractivity contribution in [3.63, 3.8) is 0 Å². The average molecular weight is 463 g/mol. The zero-order valence-electron chi connectivity index (χ0n) is 18.8. The van der Waals surface area contributed by atoms with Gasteiger partial charge in [0.1, 0.15) is 11.6 Å². The van der Waals surface area contributed by atoms with Gasteiger partial charge in [0.2, 0.25) is 15.9 Å². The van der Waals surface area contributed by atoms with Gasteiger partial charge in [0, 0.05) is 25.3 Å². The third kappa shape index (κ3) is 3.40. The fourth-order valence-corrected chi connectivity index (χ4v) is 6.64. The average Bonchev–Trinajstić information content (AvgIpc) is 3.46. The second kappa shape index (κ2) is 8.15. The van der Waals surface area contributed by atoms with Gasteiger partial charge in [-0.2, -0.15) is 4.31 Å². The molecule has 4 amide bonds. The standard InChI is InChI=1S/C22H30N4O5S/c1-4-24(5-2)32(30,31)17-8-9-18-16(14-17)10-13-25(18)19(27)15(3)26-20(28)22(23-21(26)29)11-6-7-12-22/h8-9,14-15H,4-7,10-13H2,1-3H3,(H,23,29). The number of carbonyl (C=O) groups excluding carboxylic acids is 3. The summed E-state index contributed by atoms with van der Waals surface area (Å²) in [5.41, 5.74) is 0.536. The van der Waals surface area contributed by atoms with Gasteiger partial charge in [0.05, 0.1) is 4.90 Å². The summed E-state index contributed by atoms with van der Waals surface area (Å²) in [6.45, 7) is 6.30. The Hall–Kier alpha value is -2.46. The number of urea groups is 1. The molecule has 2 heterocycles. The van der Waals surface area contributed by atoms with Crippen molar-refractivity contribution >= 4 is 33.6 Å². The minimum absolute atomic E-state index is 0.208. The smallest absolute Gasteiger partial charge is 0.323 e. The maximum Gasteiger partial charge on any atom is 0.325 e. The molecule has 0 aromatic heterocycles. The van der Waals surface area contributed by atoms with Crippen LogP contribution in [0, 0.1) is 0 Å². The summed E-state index contributed by atoms with van der Waals surface area (Å²) >= 11 is 0. The molecule has 10 heteroatoms. The lowest BCUT2D eigenvalue weighted by atomic mass is 9.97. The summed E-state index contributed by atoms with van der Waals surface area (Å²) in [7, 11) is -3.59. The minimum Gasteiger partial charge on any atom is -0.323 e. The van der Waals surface area contributed by atoms with Crippen LogP contribution in [-0.2, 0) is 26.0 Å². The van der Waals surface area contributed by atoms with E-state index in [1.165, 1.54) is 10.4 Å². The maximum absolute atomic E-state index is 13.3. The van der Waals surface area contributed by atoms with E-state index in [0.717, 1.165) is 23.3 Å². The van der Waals surface area contributed by atoms with Crippen molar-refractivity contribution in [2.24, 2.45) is 0 Å². The van der Waals surface area contributed by atoms with Gasteiger partial charge < -0.3 is 10.2 Å². The van der Waals surface area contributed by atoms with E-state index in [2.05, 4.69) is 5.32 Å². The third-order valence-corrected chi connectivity index (χ3v) is 9.00. The molecule has 32 heavy (non-hydrogen) atoms. The summed E-state index contributed by atoms with van der Waals surface area (Å²) < 4.78 is 27.1. The van der Waals surface area contributed by atoms with Crippen LogP contribution in [0.5, 0.6) is 0 Å². The first-order valence-electron chi connectivity index (χ1n) is 11.3. The van der Waals surface area contributed by atoms with E-state index >= 15 is 0 Å². The van der Waals surface area contributed by atoms with Crippen molar-refractivity contribution in [2.45, 2.75) is 69.4 Å². The first-order chi connectivity index (χ1) is 15.2. The molecular formula is C22H30N4O5S. The van der Waals surface area contributed by atoms with E-state index in [4.69, 9.17) is 0 Å². The largest absolute Gasteiger partial charge is 0.325 e. The molecule has 1 atom stereocenters. The van der Waals surface area contributed by atoms with E-state index < -0.39 is 27.6 Å². The van der Waals surface area contributed by atoms with Crippen LogP contribution in [0.15, 0.2) is 23.1 Å². The molecule has 2 aliphatic heterocycles. The number of anilines is 1. The molecule has 0 bridgehead atoms. The molecule has 1 saturated carbocycles. The Morgan fingerprint density at radius 3 is 2.47 bits per heavy atom. The van der Waals surface area contributed by atoms with Crippen molar-refractivity contribution < 1.29 is 22.8 Å². The molecule has 9 nitrogen and oxygen atoms in total. The Balaban J connectivity index is 1.56. The van der Waals surface area contributed by atoms with Gasteiger partial charge in [-0.3, -0.25) is 9.59 Å². The van der Waals surface area contributed by atoms with Gasteiger partial charge in [-0.1, -0.05) is 26.7 Å². The highest BCUT2D eigenvalue weighted by atomic mass is 32.2. The van der Waals surface area contributed by atoms with Crippen LogP contribution in [0.1, 0.15) is 52.0 Å². The molecule has 1 aromatic carbocycles. The first-order valence-corrected chi connectivity index (χ1v) is 12.7. The number of nitrogens with one attached hydrogen (secondary N) is 1. The lowest BCUT2D eigenvalue weighted by Gasteiger charge is -2.27. The summed E-state index contributed by atoms with van der Waals surface area (Å²) in [5.74, 6) is -0.664. The number of hydrogen-bond donors (Lipinski definition) is 1. The van der Waals surface area contributed by atoms with E-state index in [-0.39, 0.29) is 16.7 Å². The summed E-state index contributed by atoms with van der Waals surface area (Å²) in [4.78, 5) is 41.7. The van der Waals surface area contributed by atoms with E-state index in [9.17, 15) is 22.8 Å². The van der Waals surface area contributed by atoms with E-state index in [0.29, 0.717) is 44.6 Å². The highest BCUT2D eigenvalue weighted by molar-refractivity contribution is 7.89. The Morgan fingerprint density at radius 1 is 1.19 bits per heavy atom. The molecule has 4 rings (SSSR count). The molecule has 3 aliphatic rings. The topological polar surface area (TPSA) is 107 Å². The van der Waals surface area contributed by atoms with Crippen LogP contribution < -0.4 is 10.2 Å². The normalized spacial score (nSPS) is 20.9. The Morgan fingerprint density at radius 2 is 1.84 bits per heavy atom. The van der Waals surface area contributed by atoms with Crippen molar-refractivity contribution in [2.75, 3.05) is 24.5 Å². The third-order valence-electron chi connectivity index (χ3n) is 6.95. The van der Waals surface area contributed by atoms with E-state index in [1.54, 1.807) is 37.8 Å². The zero-order valence-corrected chi connectivity index (χ0v) is 19.6. The number of amides is 4. The number of benzene rings is 1. The van der Waals surface area contributed by atoms with Crippen molar-refractivity contribution in [1.82, 2.24) is 14.5 Å². The number of carbonyl (C=O) groups is 3. The first kappa shape index (κ1) is 22.7. The molecule has 174 valence electrons. The van der Waals surface area contributed by atoms with Crippen LogP contribution in [0.4, 0.5) is 10.5 Å². The molecule has 1 saturated heterocycles. The van der Waals surface area contributed by atoms with Gasteiger partial charge >= 0.3 is 6.03 Å². The number of sulfonamides is 1. The van der Waals surface area contributed by atoms with Crippen LogP contribution >= 0.6 is 0 Å². The monoisotopic (exact) mass is 462 g/mol. The fourth-order valence-electron chi connectivity index (χ4n) is 5.13. The number of hydrogen-bond acceptors (Lipinski definition) is 5. The highest BCUT2D eigenvalue weighted by Crippen LogP contribution is 2.37. The summed E-state index contributed by atoms with van der Waals surface area (Å²) in [6, 6.07) is 3.34. The van der Waals surface area contributed by atoms with Gasteiger partial charge in [-0.05, 0) is 49.9 Å². The van der Waals surface area contributed by atoms with Gasteiger partial charge in [0.15, 0.2) is 0 Å². The number of fused-ring (bicyclic) bond motifs is 1. The summed E-state index contributed by atoms with van der Waals surface area (Å²) in [6.07, 6.45) is 3.47. The zero-order chi connectivity index (χ0) is 23.3. The number of rotatable bonds is 6. The molecule has 0 radical (unpaired) electrons. The van der Waals surface area contributed by atoms with Crippen molar-refractivity contribution in [3.8, 4) is 0 Å². The van der Waals surface area contributed by atoms with Crippen LogP contribution in [0.25, 0.3) is 0 Å². The molecule has 1 unspecified atom stereocenters. The van der Waals surface area contributed by atoms with Crippen molar-refractivity contribution in [1.29, 1.82) is 0 Å². The molecule has 1 aliphatic carbocycles. The number of nitrogens with zero attached hydrogens (tertiary/aromatic N) is 3. The highest BCUT2D eigenvalue weighted by Gasteiger charge is 2.55. The molecule has 2 fully saturated rings. The van der Waals surface area contributed by atoms with Gasteiger partial charge in [-0.15, -0.1) is 0 Å². The van der Waals surface area contributed by atoms with Crippen LogP contribution in [0.2, 0.25) is 0 Å². The number of imide groups is 1. The second-order valence-electron chi connectivity index (χ2n) is 8.69. The lowest BCUT2D eigenvalue weighted by molar-refractivity contribution is -0.136. The Labute approximate surface area is 188 Å². The molecular weight excluding hydrogens is 432 g/mol. The van der Waals surface area contributed by atoms with Gasteiger partial charge in [-0.25, -0.2) is 18.1 Å². The second-order valence-corrected chi connectivity index (χ2v) is 10.6. The van der Waals surface area contributed by atoms with Crippen molar-refractivity contribution in [3.05, 3.63) is 23.8 Å². The minimum atomic E-state index is -3.59. The maximum atomic E-state index is 13.3. The fraction of sp³-hybridized carbons (Fsp3) is 0.591. The summed E-state index contributed by atoms with van der Waals surface area (Å²) in [5, 5.41) is 2.82. The van der Waals surface area contributed by atoms with Gasteiger partial charge in [0.25, 0.3) is 5.91 Å². The predicted molar refractivity (Wildman–Crippen MR) is 119 cm³/mol. The molecule has 1 N–H and O–H groups in total. The Bertz CT molecular complexity index is 1060.